The number of carbonyl (C=O) groups is 1. The molecular formula is C14H18N2O4. The molecule has 0 N–H and O–H groups in total. The van der Waals surface area contributed by atoms with E-state index in [2.05, 4.69) is 0 Å². The summed E-state index contributed by atoms with van der Waals surface area (Å²) in [5.74, 6) is -0.277. The molecule has 1 atom stereocenters. The van der Waals surface area contributed by atoms with Gasteiger partial charge in [-0.25, -0.2) is 0 Å². The molecule has 1 aromatic carbocycles. The molecule has 0 saturated carbocycles. The summed E-state index contributed by atoms with van der Waals surface area (Å²) in [6.45, 7) is 0.729. The maximum atomic E-state index is 11.5. The summed E-state index contributed by atoms with van der Waals surface area (Å²) in [4.78, 5) is 24.2. The van der Waals surface area contributed by atoms with Crippen LogP contribution in [0, 0.1) is 10.1 Å². The molecule has 6 nitrogen and oxygen atoms in total. The highest BCUT2D eigenvalue weighted by molar-refractivity contribution is 5.72. The Morgan fingerprint density at radius 2 is 2.20 bits per heavy atom. The number of rotatable bonds is 4. The van der Waals surface area contributed by atoms with Gasteiger partial charge in [0.15, 0.2) is 0 Å². The zero-order valence-electron chi connectivity index (χ0n) is 11.4. The molecule has 0 spiro atoms. The van der Waals surface area contributed by atoms with Crippen LogP contribution < -0.4 is 4.90 Å². The number of ether oxygens (including phenoxy) is 1. The maximum absolute atomic E-state index is 11.5. The molecule has 108 valence electrons. The number of hydrogen-bond donors (Lipinski definition) is 0. The van der Waals surface area contributed by atoms with Crippen LogP contribution in [0.3, 0.4) is 0 Å². The number of benzene rings is 1. The minimum Gasteiger partial charge on any atom is -0.469 e. The summed E-state index contributed by atoms with van der Waals surface area (Å²) in [5, 5.41) is 11.1. The third-order valence-electron chi connectivity index (χ3n) is 3.64. The first-order valence-electron chi connectivity index (χ1n) is 6.70. The first kappa shape index (κ1) is 14.3. The van der Waals surface area contributed by atoms with Crippen molar-refractivity contribution in [1.29, 1.82) is 0 Å². The van der Waals surface area contributed by atoms with E-state index in [1.807, 2.05) is 4.90 Å². The van der Waals surface area contributed by atoms with E-state index < -0.39 is 0 Å². The van der Waals surface area contributed by atoms with E-state index in [-0.39, 0.29) is 29.0 Å². The van der Waals surface area contributed by atoms with Crippen LogP contribution in [0.5, 0.6) is 0 Å². The Morgan fingerprint density at radius 1 is 1.45 bits per heavy atom. The fourth-order valence-corrected chi connectivity index (χ4v) is 2.67. The van der Waals surface area contributed by atoms with Gasteiger partial charge in [-0.1, -0.05) is 12.1 Å². The van der Waals surface area contributed by atoms with Gasteiger partial charge in [-0.3, -0.25) is 14.9 Å². The molecule has 0 aliphatic carbocycles. The van der Waals surface area contributed by atoms with Gasteiger partial charge in [0, 0.05) is 18.7 Å². The van der Waals surface area contributed by atoms with Crippen molar-refractivity contribution in [3.63, 3.8) is 0 Å². The Bertz CT molecular complexity index is 504. The van der Waals surface area contributed by atoms with Crippen LogP contribution in [0.25, 0.3) is 0 Å². The van der Waals surface area contributed by atoms with Gasteiger partial charge in [0.1, 0.15) is 5.69 Å². The summed E-state index contributed by atoms with van der Waals surface area (Å²) >= 11 is 0. The van der Waals surface area contributed by atoms with E-state index in [0.717, 1.165) is 25.8 Å². The lowest BCUT2D eigenvalue weighted by molar-refractivity contribution is -0.384. The van der Waals surface area contributed by atoms with Crippen molar-refractivity contribution >= 4 is 17.3 Å². The Kier molecular flexibility index (Phi) is 4.55. The quantitative estimate of drug-likeness (QED) is 0.480. The van der Waals surface area contributed by atoms with Gasteiger partial charge >= 0.3 is 5.97 Å². The summed E-state index contributed by atoms with van der Waals surface area (Å²) in [5.41, 5.74) is 0.676. The number of esters is 1. The molecular weight excluding hydrogens is 260 g/mol. The highest BCUT2D eigenvalue weighted by Crippen LogP contribution is 2.33. The Labute approximate surface area is 117 Å². The fraction of sp³-hybridized carbons (Fsp3) is 0.500. The average molecular weight is 278 g/mol. The van der Waals surface area contributed by atoms with Crippen molar-refractivity contribution in [3.05, 3.63) is 34.4 Å². The zero-order chi connectivity index (χ0) is 14.5. The summed E-state index contributed by atoms with van der Waals surface area (Å²) in [7, 11) is 1.36. The second kappa shape index (κ2) is 6.36. The fourth-order valence-electron chi connectivity index (χ4n) is 2.67. The minimum absolute atomic E-state index is 0.0303. The molecule has 2 rings (SSSR count). The van der Waals surface area contributed by atoms with Gasteiger partial charge in [0.25, 0.3) is 5.69 Å². The normalized spacial score (nSPS) is 18.6. The third kappa shape index (κ3) is 3.07. The predicted molar refractivity (Wildman–Crippen MR) is 74.7 cm³/mol. The average Bonchev–Trinajstić information content (AvgIpc) is 2.47. The van der Waals surface area contributed by atoms with Gasteiger partial charge in [-0.15, -0.1) is 0 Å². The van der Waals surface area contributed by atoms with Gasteiger partial charge in [0.2, 0.25) is 0 Å². The van der Waals surface area contributed by atoms with Crippen LogP contribution in [0.15, 0.2) is 24.3 Å². The van der Waals surface area contributed by atoms with Gasteiger partial charge in [-0.2, -0.15) is 0 Å². The number of nitro benzene ring substituents is 1. The standard InChI is InChI=1S/C14H18N2O4/c1-20-14(17)10-11-6-4-5-9-15(11)12-7-2-3-8-13(12)16(18)19/h2-3,7-8,11H,4-6,9-10H2,1H3. The lowest BCUT2D eigenvalue weighted by Crippen LogP contribution is -2.41. The minimum atomic E-state index is -0.376. The molecule has 1 aliphatic rings. The van der Waals surface area contributed by atoms with Crippen molar-refractivity contribution in [2.24, 2.45) is 0 Å². The molecule has 6 heteroatoms. The smallest absolute Gasteiger partial charge is 0.307 e. The second-order valence-electron chi connectivity index (χ2n) is 4.87. The number of piperidine rings is 1. The highest BCUT2D eigenvalue weighted by atomic mass is 16.6. The molecule has 1 fully saturated rings. The molecule has 1 heterocycles. The molecule has 20 heavy (non-hydrogen) atoms. The number of nitrogens with zero attached hydrogens (tertiary/aromatic N) is 2. The van der Waals surface area contributed by atoms with E-state index in [0.29, 0.717) is 5.69 Å². The maximum Gasteiger partial charge on any atom is 0.307 e. The zero-order valence-corrected chi connectivity index (χ0v) is 11.4. The van der Waals surface area contributed by atoms with Gasteiger partial charge in [-0.05, 0) is 25.3 Å². The Morgan fingerprint density at radius 3 is 2.90 bits per heavy atom. The molecule has 0 radical (unpaired) electrons. The van der Waals surface area contributed by atoms with Crippen molar-refractivity contribution in [1.82, 2.24) is 0 Å². The predicted octanol–water partition coefficient (Wildman–Crippen LogP) is 2.52. The lowest BCUT2D eigenvalue weighted by atomic mass is 9.98. The number of anilines is 1. The Hall–Kier alpha value is -2.11. The van der Waals surface area contributed by atoms with E-state index >= 15 is 0 Å². The second-order valence-corrected chi connectivity index (χ2v) is 4.87. The number of nitro groups is 1. The summed E-state index contributed by atoms with van der Waals surface area (Å²) in [6.07, 6.45) is 3.12. The summed E-state index contributed by atoms with van der Waals surface area (Å²) < 4.78 is 4.72. The highest BCUT2D eigenvalue weighted by Gasteiger charge is 2.29. The lowest BCUT2D eigenvalue weighted by Gasteiger charge is -2.36. The van der Waals surface area contributed by atoms with Crippen LogP contribution >= 0.6 is 0 Å². The van der Waals surface area contributed by atoms with Crippen LogP contribution in [0.1, 0.15) is 25.7 Å². The van der Waals surface area contributed by atoms with E-state index in [1.54, 1.807) is 18.2 Å². The molecule has 0 aromatic heterocycles. The monoisotopic (exact) mass is 278 g/mol. The Balaban J connectivity index is 2.28. The van der Waals surface area contributed by atoms with Gasteiger partial charge < -0.3 is 9.64 Å². The largest absolute Gasteiger partial charge is 0.469 e. The van der Waals surface area contributed by atoms with Crippen LogP contribution in [0.2, 0.25) is 0 Å². The molecule has 1 unspecified atom stereocenters. The molecule has 1 aromatic rings. The van der Waals surface area contributed by atoms with E-state index in [9.17, 15) is 14.9 Å². The molecule has 0 amide bonds. The van der Waals surface area contributed by atoms with Crippen molar-refractivity contribution in [2.45, 2.75) is 31.7 Å². The molecule has 1 aliphatic heterocycles. The summed E-state index contributed by atoms with van der Waals surface area (Å²) in [6, 6.07) is 6.65. The van der Waals surface area contributed by atoms with Crippen LogP contribution in [-0.4, -0.2) is 30.6 Å². The first-order valence-corrected chi connectivity index (χ1v) is 6.70. The number of carbonyl (C=O) groups excluding carboxylic acids is 1. The van der Waals surface area contributed by atoms with E-state index in [4.69, 9.17) is 4.74 Å². The number of para-hydroxylation sites is 2. The topological polar surface area (TPSA) is 72.7 Å². The van der Waals surface area contributed by atoms with Crippen molar-refractivity contribution < 1.29 is 14.5 Å². The molecule has 0 bridgehead atoms. The van der Waals surface area contributed by atoms with Gasteiger partial charge in [0.05, 0.1) is 18.5 Å². The van der Waals surface area contributed by atoms with Crippen LogP contribution in [-0.2, 0) is 9.53 Å². The van der Waals surface area contributed by atoms with E-state index in [1.165, 1.54) is 13.2 Å². The van der Waals surface area contributed by atoms with Crippen molar-refractivity contribution in [3.8, 4) is 0 Å². The number of hydrogen-bond acceptors (Lipinski definition) is 5. The van der Waals surface area contributed by atoms with Crippen molar-refractivity contribution in [2.75, 3.05) is 18.6 Å². The molecule has 1 saturated heterocycles. The van der Waals surface area contributed by atoms with Crippen LogP contribution in [0.4, 0.5) is 11.4 Å². The third-order valence-corrected chi connectivity index (χ3v) is 3.64. The SMILES string of the molecule is COC(=O)CC1CCCCN1c1ccccc1[N+](=O)[O-]. The number of methoxy groups -OCH3 is 1. The first-order chi connectivity index (χ1) is 9.63.